The lowest BCUT2D eigenvalue weighted by molar-refractivity contribution is 0.131. The third kappa shape index (κ3) is 2.67. The molecule has 0 spiro atoms. The van der Waals surface area contributed by atoms with E-state index in [4.69, 9.17) is 0 Å². The summed E-state index contributed by atoms with van der Waals surface area (Å²) in [7, 11) is 0. The molecule has 1 nitrogen and oxygen atoms in total. The topological polar surface area (TPSA) is 12.0 Å². The molecule has 1 aliphatic rings. The highest BCUT2D eigenvalue weighted by Gasteiger charge is 2.36. The number of benzene rings is 1. The summed E-state index contributed by atoms with van der Waals surface area (Å²) in [4.78, 5) is 0. The Hall–Kier alpha value is -0.340. The van der Waals surface area contributed by atoms with E-state index >= 15 is 0 Å². The minimum atomic E-state index is 0.528. The Labute approximate surface area is 107 Å². The Morgan fingerprint density at radius 3 is 2.62 bits per heavy atom. The van der Waals surface area contributed by atoms with Crippen molar-refractivity contribution in [2.45, 2.75) is 32.6 Å². The van der Waals surface area contributed by atoms with Crippen molar-refractivity contribution < 1.29 is 0 Å². The first-order valence-electron chi connectivity index (χ1n) is 6.20. The smallest absolute Gasteiger partial charge is 0.0207 e. The van der Waals surface area contributed by atoms with E-state index in [2.05, 4.69) is 52.4 Å². The van der Waals surface area contributed by atoms with Crippen molar-refractivity contribution in [1.82, 2.24) is 5.32 Å². The molecular weight excluding hydrogens is 262 g/mol. The molecule has 2 heteroatoms. The quantitative estimate of drug-likeness (QED) is 0.866. The summed E-state index contributed by atoms with van der Waals surface area (Å²) >= 11 is 3.65. The molecule has 0 amide bonds. The molecular formula is C14H20BrN. The van der Waals surface area contributed by atoms with Crippen LogP contribution < -0.4 is 5.32 Å². The van der Waals surface area contributed by atoms with Crippen LogP contribution in [0.5, 0.6) is 0 Å². The molecule has 1 aliphatic carbocycles. The third-order valence-corrected chi connectivity index (χ3v) is 4.46. The summed E-state index contributed by atoms with van der Waals surface area (Å²) in [5, 5.41) is 3.52. The number of hydrogen-bond donors (Lipinski definition) is 1. The second kappa shape index (κ2) is 5.33. The molecule has 0 atom stereocenters. The number of rotatable bonds is 5. The average molecular weight is 282 g/mol. The van der Waals surface area contributed by atoms with Crippen molar-refractivity contribution in [3.8, 4) is 0 Å². The van der Waals surface area contributed by atoms with E-state index in [1.54, 1.807) is 0 Å². The van der Waals surface area contributed by atoms with E-state index in [-0.39, 0.29) is 0 Å². The fraction of sp³-hybridized carbons (Fsp3) is 0.571. The Bertz CT molecular complexity index is 344. The van der Waals surface area contributed by atoms with Gasteiger partial charge in [-0.1, -0.05) is 47.5 Å². The first kappa shape index (κ1) is 12.1. The van der Waals surface area contributed by atoms with Gasteiger partial charge in [-0.3, -0.25) is 0 Å². The van der Waals surface area contributed by atoms with Gasteiger partial charge in [0.15, 0.2) is 0 Å². The summed E-state index contributed by atoms with van der Waals surface area (Å²) in [5.41, 5.74) is 1.99. The van der Waals surface area contributed by atoms with E-state index in [0.29, 0.717) is 5.41 Å². The average Bonchev–Trinajstić information content (AvgIpc) is 2.24. The molecule has 0 radical (unpaired) electrons. The monoisotopic (exact) mass is 281 g/mol. The van der Waals surface area contributed by atoms with Crippen LogP contribution >= 0.6 is 15.9 Å². The van der Waals surface area contributed by atoms with Crippen LogP contribution in [0.2, 0.25) is 0 Å². The summed E-state index contributed by atoms with van der Waals surface area (Å²) in [6, 6.07) is 8.62. The van der Waals surface area contributed by atoms with Gasteiger partial charge in [-0.15, -0.1) is 0 Å². The van der Waals surface area contributed by atoms with E-state index in [1.165, 1.54) is 42.3 Å². The standard InChI is InChI=1S/C14H20BrN/c1-2-16-11-14(8-5-9-14)10-12-6-3-4-7-13(12)15/h3-4,6-7,16H,2,5,8-11H2,1H3. The van der Waals surface area contributed by atoms with Crippen molar-refractivity contribution in [2.24, 2.45) is 5.41 Å². The van der Waals surface area contributed by atoms with Crippen LogP contribution in [0.3, 0.4) is 0 Å². The first-order valence-corrected chi connectivity index (χ1v) is 6.99. The van der Waals surface area contributed by atoms with E-state index in [0.717, 1.165) is 6.54 Å². The Kier molecular flexibility index (Phi) is 4.04. The zero-order chi connectivity index (χ0) is 11.4. The molecule has 1 aromatic rings. The van der Waals surface area contributed by atoms with Crippen LogP contribution in [-0.4, -0.2) is 13.1 Å². The van der Waals surface area contributed by atoms with E-state index in [1.807, 2.05) is 0 Å². The van der Waals surface area contributed by atoms with Gasteiger partial charge in [0.25, 0.3) is 0 Å². The van der Waals surface area contributed by atoms with Crippen LogP contribution in [0.15, 0.2) is 28.7 Å². The highest BCUT2D eigenvalue weighted by molar-refractivity contribution is 9.10. The van der Waals surface area contributed by atoms with Gasteiger partial charge >= 0.3 is 0 Å². The largest absolute Gasteiger partial charge is 0.316 e. The van der Waals surface area contributed by atoms with Crippen LogP contribution in [-0.2, 0) is 6.42 Å². The van der Waals surface area contributed by atoms with Gasteiger partial charge < -0.3 is 5.32 Å². The predicted octanol–water partition coefficient (Wildman–Crippen LogP) is 3.77. The zero-order valence-corrected chi connectivity index (χ0v) is 11.5. The molecule has 1 saturated carbocycles. The molecule has 88 valence electrons. The molecule has 0 heterocycles. The molecule has 1 fully saturated rings. The molecule has 16 heavy (non-hydrogen) atoms. The minimum Gasteiger partial charge on any atom is -0.316 e. The van der Waals surface area contributed by atoms with Crippen LogP contribution in [0.25, 0.3) is 0 Å². The molecule has 1 N–H and O–H groups in total. The molecule has 2 rings (SSSR count). The van der Waals surface area contributed by atoms with Crippen molar-refractivity contribution in [2.75, 3.05) is 13.1 Å². The lowest BCUT2D eigenvalue weighted by Crippen LogP contribution is -2.41. The van der Waals surface area contributed by atoms with Gasteiger partial charge in [-0.05, 0) is 42.9 Å². The van der Waals surface area contributed by atoms with Crippen molar-refractivity contribution >= 4 is 15.9 Å². The van der Waals surface area contributed by atoms with Crippen molar-refractivity contribution in [3.63, 3.8) is 0 Å². The van der Waals surface area contributed by atoms with Gasteiger partial charge in [-0.25, -0.2) is 0 Å². The van der Waals surface area contributed by atoms with Crippen LogP contribution in [0.1, 0.15) is 31.7 Å². The normalized spacial score (nSPS) is 18.1. The summed E-state index contributed by atoms with van der Waals surface area (Å²) in [6.45, 7) is 4.44. The van der Waals surface area contributed by atoms with Gasteiger partial charge in [0.1, 0.15) is 0 Å². The lowest BCUT2D eigenvalue weighted by atomic mass is 9.65. The maximum Gasteiger partial charge on any atom is 0.0207 e. The molecule has 0 saturated heterocycles. The van der Waals surface area contributed by atoms with Gasteiger partial charge in [0, 0.05) is 11.0 Å². The molecule has 0 unspecified atom stereocenters. The third-order valence-electron chi connectivity index (χ3n) is 3.69. The fourth-order valence-electron chi connectivity index (χ4n) is 2.53. The first-order chi connectivity index (χ1) is 7.76. The van der Waals surface area contributed by atoms with E-state index in [9.17, 15) is 0 Å². The predicted molar refractivity (Wildman–Crippen MR) is 72.7 cm³/mol. The highest BCUT2D eigenvalue weighted by Crippen LogP contribution is 2.44. The molecule has 1 aromatic carbocycles. The van der Waals surface area contributed by atoms with Gasteiger partial charge in [0.05, 0.1) is 0 Å². The van der Waals surface area contributed by atoms with Crippen molar-refractivity contribution in [1.29, 1.82) is 0 Å². The lowest BCUT2D eigenvalue weighted by Gasteiger charge is -2.42. The second-order valence-corrected chi connectivity index (χ2v) is 5.76. The fourth-order valence-corrected chi connectivity index (χ4v) is 2.95. The number of nitrogens with one attached hydrogen (secondary N) is 1. The second-order valence-electron chi connectivity index (χ2n) is 4.90. The SMILES string of the molecule is CCNCC1(Cc2ccccc2Br)CCC1. The van der Waals surface area contributed by atoms with E-state index < -0.39 is 0 Å². The number of hydrogen-bond acceptors (Lipinski definition) is 1. The summed E-state index contributed by atoms with van der Waals surface area (Å²) < 4.78 is 1.26. The zero-order valence-electron chi connectivity index (χ0n) is 9.93. The van der Waals surface area contributed by atoms with Gasteiger partial charge in [0.2, 0.25) is 0 Å². The Morgan fingerprint density at radius 1 is 1.31 bits per heavy atom. The van der Waals surface area contributed by atoms with Crippen LogP contribution in [0.4, 0.5) is 0 Å². The molecule has 0 bridgehead atoms. The minimum absolute atomic E-state index is 0.528. The Balaban J connectivity index is 2.04. The highest BCUT2D eigenvalue weighted by atomic mass is 79.9. The molecule has 0 aromatic heterocycles. The molecule has 0 aliphatic heterocycles. The van der Waals surface area contributed by atoms with Crippen molar-refractivity contribution in [3.05, 3.63) is 34.3 Å². The summed E-state index contributed by atoms with van der Waals surface area (Å²) in [5.74, 6) is 0. The van der Waals surface area contributed by atoms with Crippen LogP contribution in [0, 0.1) is 5.41 Å². The maximum atomic E-state index is 3.65. The number of halogens is 1. The Morgan fingerprint density at radius 2 is 2.06 bits per heavy atom. The summed E-state index contributed by atoms with van der Waals surface area (Å²) in [6.07, 6.45) is 5.36. The maximum absolute atomic E-state index is 3.65. The van der Waals surface area contributed by atoms with Gasteiger partial charge in [-0.2, -0.15) is 0 Å².